The molecule has 0 amide bonds. The molecule has 1 fully saturated rings. The molecule has 1 aliphatic carbocycles. The molecule has 0 atom stereocenters. The molecule has 0 bridgehead atoms. The van der Waals surface area contributed by atoms with Crippen molar-refractivity contribution in [1.82, 2.24) is 0 Å². The molecule has 1 nitrogen and oxygen atoms in total. The summed E-state index contributed by atoms with van der Waals surface area (Å²) < 4.78 is 40.3. The van der Waals surface area contributed by atoms with Crippen LogP contribution in [0.15, 0.2) is 18.2 Å². The highest BCUT2D eigenvalue weighted by Gasteiger charge is 2.51. The van der Waals surface area contributed by atoms with Crippen LogP contribution in [0.4, 0.5) is 13.2 Å². The fourth-order valence-corrected chi connectivity index (χ4v) is 2.47. The molecule has 0 N–H and O–H groups in total. The lowest BCUT2D eigenvalue weighted by Crippen LogP contribution is -2.22. The molecule has 104 valence electrons. The van der Waals surface area contributed by atoms with Gasteiger partial charge in [0.2, 0.25) is 0 Å². The predicted octanol–water partition coefficient (Wildman–Crippen LogP) is 4.34. The molecule has 1 aromatic rings. The van der Waals surface area contributed by atoms with E-state index in [9.17, 15) is 18.0 Å². The van der Waals surface area contributed by atoms with Crippen molar-refractivity contribution in [2.45, 2.75) is 50.9 Å². The molecule has 1 aromatic carbocycles. The average Bonchev–Trinajstić information content (AvgIpc) is 3.09. The lowest BCUT2D eigenvalue weighted by molar-refractivity contribution is -0.121. The predicted molar refractivity (Wildman–Crippen MR) is 66.8 cm³/mol. The third-order valence-electron chi connectivity index (χ3n) is 3.75. The zero-order valence-corrected chi connectivity index (χ0v) is 11.1. The van der Waals surface area contributed by atoms with Crippen LogP contribution in [0.1, 0.15) is 50.7 Å². The normalized spacial score (nSPS) is 17.3. The Hall–Kier alpha value is -1.32. The molecule has 0 spiro atoms. The smallest absolute Gasteiger partial charge is 0.270 e. The Labute approximate surface area is 110 Å². The van der Waals surface area contributed by atoms with Gasteiger partial charge in [-0.2, -0.15) is 0 Å². The van der Waals surface area contributed by atoms with E-state index in [1.807, 2.05) is 6.92 Å². The number of rotatable bonds is 5. The van der Waals surface area contributed by atoms with Crippen LogP contribution in [0, 0.1) is 5.82 Å². The summed E-state index contributed by atoms with van der Waals surface area (Å²) in [7, 11) is 0. The summed E-state index contributed by atoms with van der Waals surface area (Å²) in [5, 5.41) is 0. The van der Waals surface area contributed by atoms with Crippen LogP contribution in [0.25, 0.3) is 0 Å². The topological polar surface area (TPSA) is 17.1 Å². The molecule has 0 heterocycles. The van der Waals surface area contributed by atoms with Gasteiger partial charge in [0.15, 0.2) is 0 Å². The summed E-state index contributed by atoms with van der Waals surface area (Å²) in [4.78, 5) is 12.0. The van der Waals surface area contributed by atoms with E-state index in [2.05, 4.69) is 0 Å². The molecule has 2 rings (SSSR count). The molecule has 19 heavy (non-hydrogen) atoms. The number of alkyl halides is 2. The third kappa shape index (κ3) is 2.53. The van der Waals surface area contributed by atoms with Crippen molar-refractivity contribution in [3.63, 3.8) is 0 Å². The van der Waals surface area contributed by atoms with Gasteiger partial charge < -0.3 is 0 Å². The Bertz CT molecular complexity index is 499. The standard InChI is InChI=1S/C15H17F3O/c1-3-4-13(19)15(7-8-15)11-6-5-10(9-12(11)16)14(2,17)18/h5-6,9H,3-4,7-8H2,1-2H3. The quantitative estimate of drug-likeness (QED) is 0.778. The highest BCUT2D eigenvalue weighted by molar-refractivity contribution is 5.93. The zero-order valence-electron chi connectivity index (χ0n) is 11.1. The van der Waals surface area contributed by atoms with Crippen LogP contribution < -0.4 is 0 Å². The van der Waals surface area contributed by atoms with Crippen LogP contribution in [-0.2, 0) is 16.1 Å². The van der Waals surface area contributed by atoms with Crippen LogP contribution in [0.5, 0.6) is 0 Å². The van der Waals surface area contributed by atoms with Gasteiger partial charge in [-0.05, 0) is 25.3 Å². The van der Waals surface area contributed by atoms with Crippen molar-refractivity contribution in [2.75, 3.05) is 0 Å². The van der Waals surface area contributed by atoms with E-state index in [0.717, 1.165) is 13.0 Å². The fourth-order valence-electron chi connectivity index (χ4n) is 2.47. The number of hydrogen-bond donors (Lipinski definition) is 0. The minimum absolute atomic E-state index is 0.0184. The monoisotopic (exact) mass is 270 g/mol. The second-order valence-corrected chi connectivity index (χ2v) is 5.34. The number of hydrogen-bond acceptors (Lipinski definition) is 1. The Morgan fingerprint density at radius 2 is 2.00 bits per heavy atom. The Balaban J connectivity index is 2.35. The van der Waals surface area contributed by atoms with E-state index in [1.165, 1.54) is 12.1 Å². The lowest BCUT2D eigenvalue weighted by atomic mass is 9.87. The van der Waals surface area contributed by atoms with E-state index < -0.39 is 17.2 Å². The molecule has 0 unspecified atom stereocenters. The number of ketones is 1. The van der Waals surface area contributed by atoms with E-state index in [4.69, 9.17) is 0 Å². The lowest BCUT2D eigenvalue weighted by Gasteiger charge is -2.17. The maximum absolute atomic E-state index is 14.0. The third-order valence-corrected chi connectivity index (χ3v) is 3.75. The minimum atomic E-state index is -3.07. The molecule has 4 heteroatoms. The Morgan fingerprint density at radius 1 is 1.37 bits per heavy atom. The van der Waals surface area contributed by atoms with Crippen molar-refractivity contribution < 1.29 is 18.0 Å². The van der Waals surface area contributed by atoms with Gasteiger partial charge in [0.1, 0.15) is 11.6 Å². The summed E-state index contributed by atoms with van der Waals surface area (Å²) in [5.41, 5.74) is -0.826. The maximum atomic E-state index is 14.0. The first-order valence-electron chi connectivity index (χ1n) is 6.53. The van der Waals surface area contributed by atoms with Gasteiger partial charge in [-0.3, -0.25) is 4.79 Å². The average molecular weight is 270 g/mol. The largest absolute Gasteiger partial charge is 0.299 e. The second kappa shape index (κ2) is 4.66. The summed E-state index contributed by atoms with van der Waals surface area (Å²) in [5.74, 6) is -3.74. The number of carbonyl (C=O) groups is 1. The van der Waals surface area contributed by atoms with Gasteiger partial charge >= 0.3 is 0 Å². The molecular weight excluding hydrogens is 253 g/mol. The van der Waals surface area contributed by atoms with Gasteiger partial charge in [-0.1, -0.05) is 19.1 Å². The van der Waals surface area contributed by atoms with Crippen LogP contribution >= 0.6 is 0 Å². The highest BCUT2D eigenvalue weighted by atomic mass is 19.3. The van der Waals surface area contributed by atoms with E-state index in [0.29, 0.717) is 25.7 Å². The minimum Gasteiger partial charge on any atom is -0.299 e. The van der Waals surface area contributed by atoms with Gasteiger partial charge in [0.05, 0.1) is 5.41 Å². The fraction of sp³-hybridized carbons (Fsp3) is 0.533. The van der Waals surface area contributed by atoms with Crippen LogP contribution in [0.3, 0.4) is 0 Å². The van der Waals surface area contributed by atoms with Gasteiger partial charge in [-0.25, -0.2) is 13.2 Å². The van der Waals surface area contributed by atoms with E-state index in [1.54, 1.807) is 0 Å². The van der Waals surface area contributed by atoms with Crippen LogP contribution in [0.2, 0.25) is 0 Å². The maximum Gasteiger partial charge on any atom is 0.270 e. The number of Topliss-reactive ketones (excluding diaryl/α,β-unsaturated/α-hetero) is 1. The second-order valence-electron chi connectivity index (χ2n) is 5.34. The van der Waals surface area contributed by atoms with Gasteiger partial charge in [0.25, 0.3) is 5.92 Å². The summed E-state index contributed by atoms with van der Waals surface area (Å²) >= 11 is 0. The van der Waals surface area contributed by atoms with Crippen LogP contribution in [-0.4, -0.2) is 5.78 Å². The SMILES string of the molecule is CCCC(=O)C1(c2ccc(C(C)(F)F)cc2F)CC1. The van der Waals surface area contributed by atoms with Crippen molar-refractivity contribution in [3.05, 3.63) is 35.1 Å². The molecule has 1 aliphatic rings. The zero-order chi connectivity index (χ0) is 14.3. The molecule has 0 saturated heterocycles. The van der Waals surface area contributed by atoms with E-state index >= 15 is 0 Å². The first-order chi connectivity index (χ1) is 8.81. The highest BCUT2D eigenvalue weighted by Crippen LogP contribution is 2.51. The van der Waals surface area contributed by atoms with Crippen molar-refractivity contribution in [1.29, 1.82) is 0 Å². The summed E-state index contributed by atoms with van der Waals surface area (Å²) in [6.45, 7) is 2.63. The van der Waals surface area contributed by atoms with Crippen molar-refractivity contribution >= 4 is 5.78 Å². The summed E-state index contributed by atoms with van der Waals surface area (Å²) in [6.07, 6.45) is 2.35. The van der Waals surface area contributed by atoms with Gasteiger partial charge in [-0.15, -0.1) is 0 Å². The first kappa shape index (κ1) is 14.1. The van der Waals surface area contributed by atoms with Crippen molar-refractivity contribution in [3.8, 4) is 0 Å². The summed E-state index contributed by atoms with van der Waals surface area (Å²) in [6, 6.07) is 3.43. The number of halogens is 3. The first-order valence-corrected chi connectivity index (χ1v) is 6.53. The molecule has 0 aliphatic heterocycles. The number of carbonyl (C=O) groups excluding carboxylic acids is 1. The number of benzene rings is 1. The molecular formula is C15H17F3O. The Morgan fingerprint density at radius 3 is 2.42 bits per heavy atom. The van der Waals surface area contributed by atoms with E-state index in [-0.39, 0.29) is 16.9 Å². The van der Waals surface area contributed by atoms with Gasteiger partial charge in [0, 0.05) is 24.5 Å². The Kier molecular flexibility index (Phi) is 3.45. The molecule has 1 saturated carbocycles. The molecule has 0 radical (unpaired) electrons. The molecule has 0 aromatic heterocycles. The van der Waals surface area contributed by atoms with Crippen molar-refractivity contribution in [2.24, 2.45) is 0 Å².